The summed E-state index contributed by atoms with van der Waals surface area (Å²) in [6.45, 7) is 5.02. The zero-order valence-corrected chi connectivity index (χ0v) is 38.3. The largest absolute Gasteiger partial charge is 0.480 e. The molecule has 0 aliphatic heterocycles. The Labute approximate surface area is 388 Å². The summed E-state index contributed by atoms with van der Waals surface area (Å²) in [5, 5.41) is 25.7. The Balaban J connectivity index is 6.63. The Morgan fingerprint density at radius 2 is 0.866 bits per heavy atom. The van der Waals surface area contributed by atoms with Gasteiger partial charge in [-0.3, -0.25) is 57.7 Å². The summed E-state index contributed by atoms with van der Waals surface area (Å²) in [7, 11) is 0. The molecular formula is C39H72N16O12. The van der Waals surface area contributed by atoms with Gasteiger partial charge < -0.3 is 88.2 Å². The quantitative estimate of drug-likeness (QED) is 0.0159. The molecule has 0 saturated heterocycles. The van der Waals surface area contributed by atoms with Crippen molar-refractivity contribution in [3.05, 3.63) is 0 Å². The second-order valence-electron chi connectivity index (χ2n) is 15.9. The maximum Gasteiger partial charge on any atom is 0.325 e. The zero-order chi connectivity index (χ0) is 51.4. The molecule has 10 amide bonds. The number of carboxylic acids is 1. The summed E-state index contributed by atoms with van der Waals surface area (Å²) in [5.74, 6) is -12.6. The molecule has 0 radical (unpaired) electrons. The third-order valence-corrected chi connectivity index (χ3v) is 10.1. The van der Waals surface area contributed by atoms with Gasteiger partial charge in [-0.25, -0.2) is 0 Å². The van der Waals surface area contributed by atoms with E-state index in [9.17, 15) is 57.8 Å². The highest BCUT2D eigenvalue weighted by atomic mass is 16.4. The van der Waals surface area contributed by atoms with Gasteiger partial charge in [0.25, 0.3) is 0 Å². The lowest BCUT2D eigenvalue weighted by Gasteiger charge is -2.28. The highest BCUT2D eigenvalue weighted by Crippen LogP contribution is 2.11. The van der Waals surface area contributed by atoms with Gasteiger partial charge in [0.05, 0.1) is 25.3 Å². The fourth-order valence-electron chi connectivity index (χ4n) is 6.09. The topological polar surface area (TPSA) is 513 Å². The number of aliphatic carboxylic acids is 1. The Bertz CT molecular complexity index is 1750. The Kier molecular flexibility index (Phi) is 28.9. The average molecular weight is 957 g/mol. The highest BCUT2D eigenvalue weighted by Gasteiger charge is 2.36. The normalized spacial score (nSPS) is 14.9. The number of nitrogens with two attached hydrogens (primary N) is 8. The number of nitrogens with zero attached hydrogens (tertiary/aromatic N) is 1. The van der Waals surface area contributed by atoms with E-state index >= 15 is 0 Å². The van der Waals surface area contributed by atoms with Gasteiger partial charge in [-0.2, -0.15) is 0 Å². The number of amides is 10. The van der Waals surface area contributed by atoms with Gasteiger partial charge in [-0.15, -0.1) is 0 Å². The number of nitrogens with one attached hydrogen (secondary N) is 7. The fraction of sp³-hybridized carbons (Fsp3) is 0.692. The van der Waals surface area contributed by atoms with Gasteiger partial charge in [0.15, 0.2) is 5.96 Å². The van der Waals surface area contributed by atoms with E-state index in [0.29, 0.717) is 32.2 Å². The van der Waals surface area contributed by atoms with Crippen LogP contribution in [0.25, 0.3) is 0 Å². The van der Waals surface area contributed by atoms with Crippen LogP contribution in [0.5, 0.6) is 0 Å². The Morgan fingerprint density at radius 3 is 1.25 bits per heavy atom. The first-order valence-electron chi connectivity index (χ1n) is 21.8. The number of carbonyl (C=O) groups excluding carboxylic acids is 10. The molecule has 0 aromatic carbocycles. The molecule has 0 bridgehead atoms. The minimum atomic E-state index is -1.86. The van der Waals surface area contributed by atoms with E-state index < -0.39 is 139 Å². The molecule has 0 rings (SSSR count). The van der Waals surface area contributed by atoms with Crippen LogP contribution in [0.3, 0.4) is 0 Å². The lowest BCUT2D eigenvalue weighted by molar-refractivity contribution is -0.142. The molecule has 0 heterocycles. The van der Waals surface area contributed by atoms with Crippen molar-refractivity contribution in [1.29, 1.82) is 0 Å². The number of carbonyl (C=O) groups is 11. The molecule has 9 atom stereocenters. The van der Waals surface area contributed by atoms with E-state index in [1.807, 2.05) is 0 Å². The molecule has 0 spiro atoms. The van der Waals surface area contributed by atoms with Crippen molar-refractivity contribution in [3.8, 4) is 0 Å². The molecule has 28 heteroatoms. The monoisotopic (exact) mass is 957 g/mol. The minimum absolute atomic E-state index is 0.0517. The first kappa shape index (κ1) is 60.3. The highest BCUT2D eigenvalue weighted by molar-refractivity contribution is 6.00. The summed E-state index contributed by atoms with van der Waals surface area (Å²) in [6, 6.07) is -12.0. The van der Waals surface area contributed by atoms with Crippen LogP contribution in [0.15, 0.2) is 4.99 Å². The molecule has 0 aliphatic rings. The van der Waals surface area contributed by atoms with Gasteiger partial charge in [-0.05, 0) is 70.9 Å². The maximum absolute atomic E-state index is 13.9. The first-order valence-corrected chi connectivity index (χ1v) is 21.8. The van der Waals surface area contributed by atoms with Gasteiger partial charge >= 0.3 is 5.97 Å². The molecule has 0 aliphatic carbocycles. The third-order valence-electron chi connectivity index (χ3n) is 10.1. The second-order valence-corrected chi connectivity index (χ2v) is 15.9. The Hall–Kier alpha value is -6.68. The maximum atomic E-state index is 13.9. The van der Waals surface area contributed by atoms with Crippen LogP contribution in [0.4, 0.5) is 0 Å². The number of aliphatic imine (C=N–C) groups is 1. The lowest BCUT2D eigenvalue weighted by atomic mass is 9.97. The first-order chi connectivity index (χ1) is 31.4. The molecular weight excluding hydrogens is 885 g/mol. The standard InChI is InChI=1S/C39H72N16O12/c1-4-19(2)30(37(65)49-20(3)38(66)67)55-36(64)26(18-29(45)58)54-35(63)25(17-28(44)57)53-32(60)22(11-6-8-14-41)51-34(62)24(16-27(43)56)52-33(61)23(12-9-15-48-39(46)47)50-31(59)21(42)10-5-7-13-40/h19-26,30H,4-18,40-42H2,1-3H3,(H2,43,56)(H2,44,57)(H2,45,58)(H,49,65)(H,50,59)(H,51,62)(H,52,61)(H,53,60)(H,54,63)(H,55,64)(H,66,67)(H4,46,47,48)/t19-,20-,21-,22-,23-,24-,25-,26-,30-/m0/s1. The summed E-state index contributed by atoms with van der Waals surface area (Å²) >= 11 is 0. The van der Waals surface area contributed by atoms with E-state index in [-0.39, 0.29) is 51.2 Å². The van der Waals surface area contributed by atoms with Crippen molar-refractivity contribution >= 4 is 71.0 Å². The van der Waals surface area contributed by atoms with Crippen LogP contribution in [-0.4, -0.2) is 144 Å². The van der Waals surface area contributed by atoms with E-state index in [4.69, 9.17) is 45.9 Å². The number of hydrogen-bond acceptors (Lipinski definition) is 15. The molecule has 380 valence electrons. The van der Waals surface area contributed by atoms with E-state index in [1.54, 1.807) is 13.8 Å². The molecule has 0 aromatic rings. The van der Waals surface area contributed by atoms with E-state index in [1.165, 1.54) is 6.92 Å². The fourth-order valence-corrected chi connectivity index (χ4v) is 6.09. The molecule has 67 heavy (non-hydrogen) atoms. The summed E-state index contributed by atoms with van der Waals surface area (Å²) in [4.78, 5) is 146. The predicted octanol–water partition coefficient (Wildman–Crippen LogP) is -7.20. The van der Waals surface area contributed by atoms with Crippen molar-refractivity contribution in [2.75, 3.05) is 19.6 Å². The second kappa shape index (κ2) is 32.1. The van der Waals surface area contributed by atoms with Gasteiger partial charge in [-0.1, -0.05) is 26.7 Å². The minimum Gasteiger partial charge on any atom is -0.480 e. The molecule has 0 fully saturated rings. The summed E-state index contributed by atoms with van der Waals surface area (Å²) in [6.07, 6.45) is -0.399. The number of primary amides is 3. The molecule has 0 unspecified atom stereocenters. The zero-order valence-electron chi connectivity index (χ0n) is 38.3. The SMILES string of the molecule is CC[C@H](C)[C@H](NC(=O)[C@H](CC(N)=O)NC(=O)[C@H](CC(N)=O)NC(=O)[C@H](CCCCN)NC(=O)[C@H](CC(N)=O)NC(=O)[C@H](CCCN=C(N)N)NC(=O)[C@@H](N)CCCCN)C(=O)N[C@@H](C)C(=O)O. The van der Waals surface area contributed by atoms with Crippen molar-refractivity contribution < 1.29 is 57.8 Å². The van der Waals surface area contributed by atoms with Crippen molar-refractivity contribution in [1.82, 2.24) is 37.2 Å². The van der Waals surface area contributed by atoms with Crippen LogP contribution in [0.1, 0.15) is 97.8 Å². The number of unbranched alkanes of at least 4 members (excludes halogenated alkanes) is 2. The van der Waals surface area contributed by atoms with Gasteiger partial charge in [0.2, 0.25) is 59.1 Å². The smallest absolute Gasteiger partial charge is 0.325 e. The Morgan fingerprint density at radius 1 is 0.493 bits per heavy atom. The summed E-state index contributed by atoms with van der Waals surface area (Å²) in [5.41, 5.74) is 44.1. The van der Waals surface area contributed by atoms with Crippen molar-refractivity contribution in [2.24, 2.45) is 56.8 Å². The predicted molar refractivity (Wildman–Crippen MR) is 241 cm³/mol. The van der Waals surface area contributed by atoms with Gasteiger partial charge in [0.1, 0.15) is 42.3 Å². The van der Waals surface area contributed by atoms with Gasteiger partial charge in [0, 0.05) is 6.54 Å². The van der Waals surface area contributed by atoms with Crippen molar-refractivity contribution in [3.63, 3.8) is 0 Å². The van der Waals surface area contributed by atoms with Crippen molar-refractivity contribution in [2.45, 2.75) is 146 Å². The molecule has 24 N–H and O–H groups in total. The number of guanidine groups is 1. The summed E-state index contributed by atoms with van der Waals surface area (Å²) < 4.78 is 0. The lowest BCUT2D eigenvalue weighted by Crippen LogP contribution is -2.61. The van der Waals surface area contributed by atoms with Crippen LogP contribution in [0, 0.1) is 5.92 Å². The van der Waals surface area contributed by atoms with Crippen LogP contribution < -0.4 is 83.1 Å². The van der Waals surface area contributed by atoms with Crippen LogP contribution >= 0.6 is 0 Å². The molecule has 0 saturated carbocycles. The number of carboxylic acid groups (broad SMARTS) is 1. The number of hydrogen-bond donors (Lipinski definition) is 16. The number of rotatable bonds is 35. The van der Waals surface area contributed by atoms with E-state index in [2.05, 4.69) is 42.2 Å². The molecule has 28 nitrogen and oxygen atoms in total. The van der Waals surface area contributed by atoms with Crippen LogP contribution in [-0.2, 0) is 52.7 Å². The average Bonchev–Trinajstić information content (AvgIpc) is 3.24. The van der Waals surface area contributed by atoms with Crippen LogP contribution in [0.2, 0.25) is 0 Å². The third kappa shape index (κ3) is 25.0. The van der Waals surface area contributed by atoms with E-state index in [0.717, 1.165) is 0 Å². The molecule has 0 aromatic heterocycles.